The van der Waals surface area contributed by atoms with Crippen molar-refractivity contribution >= 4 is 5.57 Å². The monoisotopic (exact) mass is 663 g/mol. The van der Waals surface area contributed by atoms with Gasteiger partial charge in [0.15, 0.2) is 0 Å². The molecule has 6 aliphatic carbocycles. The second-order valence-electron chi connectivity index (χ2n) is 16.3. The molecule has 0 amide bonds. The van der Waals surface area contributed by atoms with Crippen molar-refractivity contribution in [1.29, 1.82) is 0 Å². The molecule has 2 unspecified atom stereocenters. The van der Waals surface area contributed by atoms with E-state index in [-0.39, 0.29) is 35.6 Å². The van der Waals surface area contributed by atoms with Gasteiger partial charge in [0, 0.05) is 0 Å². The summed E-state index contributed by atoms with van der Waals surface area (Å²) >= 11 is 1.60. The molecule has 4 fully saturated rings. The molecule has 0 aromatic heterocycles. The van der Waals surface area contributed by atoms with Crippen LogP contribution in [0.1, 0.15) is 125 Å². The Morgan fingerprint density at radius 3 is 1.83 bits per heavy atom. The number of benzene rings is 2. The van der Waals surface area contributed by atoms with Gasteiger partial charge in [-0.05, 0) is 0 Å². The second kappa shape index (κ2) is 10.5. The van der Waals surface area contributed by atoms with E-state index in [0.717, 1.165) is 17.8 Å². The van der Waals surface area contributed by atoms with Crippen LogP contribution in [0.5, 0.6) is 0 Å². The second-order valence-corrected chi connectivity index (χ2v) is 17.7. The summed E-state index contributed by atoms with van der Waals surface area (Å²) in [6.45, 7) is 19.3. The van der Waals surface area contributed by atoms with Crippen molar-refractivity contribution in [2.24, 2.45) is 29.1 Å². The minimum Gasteiger partial charge on any atom is -1.00 e. The molecule has 217 valence electrons. The van der Waals surface area contributed by atoms with Crippen LogP contribution in [-0.4, -0.2) is 0 Å². The normalized spacial score (nSPS) is 31.5. The van der Waals surface area contributed by atoms with E-state index in [4.69, 9.17) is 0 Å². The van der Waals surface area contributed by atoms with Crippen LogP contribution in [0.4, 0.5) is 0 Å². The van der Waals surface area contributed by atoms with Crippen molar-refractivity contribution in [3.63, 3.8) is 0 Å². The van der Waals surface area contributed by atoms with Crippen LogP contribution < -0.4 is 24.8 Å². The van der Waals surface area contributed by atoms with Crippen molar-refractivity contribution < 1.29 is 49.5 Å². The molecule has 3 heteroatoms. The van der Waals surface area contributed by atoms with Crippen LogP contribution in [0.2, 0.25) is 0 Å². The van der Waals surface area contributed by atoms with Crippen LogP contribution >= 0.6 is 0 Å². The van der Waals surface area contributed by atoms with E-state index in [1.165, 1.54) is 60.8 Å². The molecule has 0 spiro atoms. The van der Waals surface area contributed by atoms with Gasteiger partial charge in [-0.2, -0.15) is 0 Å². The number of halogens is 2. The average molecular weight is 666 g/mol. The van der Waals surface area contributed by atoms with E-state index >= 15 is 0 Å². The summed E-state index contributed by atoms with van der Waals surface area (Å²) in [4.78, 5) is 0. The number of rotatable bonds is 2. The van der Waals surface area contributed by atoms with Crippen LogP contribution in [-0.2, 0) is 35.5 Å². The zero-order chi connectivity index (χ0) is 27.6. The topological polar surface area (TPSA) is 0 Å². The summed E-state index contributed by atoms with van der Waals surface area (Å²) in [7, 11) is 0. The smallest absolute Gasteiger partial charge is 1.00 e. The maximum atomic E-state index is 2.73. The third kappa shape index (κ3) is 4.96. The molecule has 2 atom stereocenters. The molecule has 0 saturated heterocycles. The minimum atomic E-state index is 0. The van der Waals surface area contributed by atoms with Gasteiger partial charge in [-0.15, -0.1) is 0 Å². The van der Waals surface area contributed by atoms with Crippen LogP contribution in [0.15, 0.2) is 47.6 Å². The minimum absolute atomic E-state index is 0. The van der Waals surface area contributed by atoms with Gasteiger partial charge in [-0.25, -0.2) is 0 Å². The maximum Gasteiger partial charge on any atom is -1.00 e. The largest absolute Gasteiger partial charge is 1.00 e. The number of hydrogen-bond donors (Lipinski definition) is 0. The summed E-state index contributed by atoms with van der Waals surface area (Å²) in [5.74, 6) is 3.48. The van der Waals surface area contributed by atoms with Gasteiger partial charge in [-0.3, -0.25) is 0 Å². The Labute approximate surface area is 277 Å². The first-order valence-corrected chi connectivity index (χ1v) is 17.2. The Hall–Kier alpha value is -0.617. The fourth-order valence-electron chi connectivity index (χ4n) is 10.0. The van der Waals surface area contributed by atoms with E-state index in [9.17, 15) is 0 Å². The molecule has 6 aliphatic rings. The Balaban J connectivity index is 0.00000169. The Kier molecular flexibility index (Phi) is 8.13. The van der Waals surface area contributed by atoms with Gasteiger partial charge in [0.25, 0.3) is 0 Å². The fourth-order valence-corrected chi connectivity index (χ4v) is 11.2. The molecule has 8 rings (SSSR count). The molecule has 4 saturated carbocycles. The van der Waals surface area contributed by atoms with E-state index in [0.29, 0.717) is 15.0 Å². The van der Waals surface area contributed by atoms with E-state index < -0.39 is 0 Å². The first-order valence-electron chi connectivity index (χ1n) is 15.7. The molecule has 2 aromatic carbocycles. The quantitative estimate of drug-likeness (QED) is 0.445. The predicted molar refractivity (Wildman–Crippen MR) is 162 cm³/mol. The third-order valence-corrected chi connectivity index (χ3v) is 12.9. The Bertz CT molecular complexity index is 1410. The van der Waals surface area contributed by atoms with Crippen molar-refractivity contribution in [3.05, 3.63) is 75.4 Å². The molecule has 4 bridgehead atoms. The number of hydrogen-bond acceptors (Lipinski definition) is 0. The average Bonchev–Trinajstić information content (AvgIpc) is 3.29. The third-order valence-electron chi connectivity index (χ3n) is 11.4. The van der Waals surface area contributed by atoms with Crippen LogP contribution in [0, 0.1) is 29.1 Å². The number of fused-ring (bicyclic) bond motifs is 3. The van der Waals surface area contributed by atoms with E-state index in [1.807, 2.05) is 0 Å². The van der Waals surface area contributed by atoms with Crippen LogP contribution in [0.3, 0.4) is 0 Å². The SMILES string of the molecule is CC1=C(c2cc3c(cc2C(C)(C)C)[CH]([Zr+2])c2cc(C(C)(C)C)ccc2-3)C(C)C=C1C12CC3CC(CC(C3)C1)C2.[Cl-].[Cl-]. The van der Waals surface area contributed by atoms with Gasteiger partial charge in [0.2, 0.25) is 0 Å². The Morgan fingerprint density at radius 1 is 0.732 bits per heavy atom. The van der Waals surface area contributed by atoms with Gasteiger partial charge in [0.1, 0.15) is 0 Å². The van der Waals surface area contributed by atoms with Crippen molar-refractivity contribution in [2.45, 2.75) is 108 Å². The molecule has 0 N–H and O–H groups in total. The summed E-state index contributed by atoms with van der Waals surface area (Å²) in [5.41, 5.74) is 16.5. The molecule has 0 aliphatic heterocycles. The van der Waals surface area contributed by atoms with Gasteiger partial charge in [0.05, 0.1) is 0 Å². The summed E-state index contributed by atoms with van der Waals surface area (Å²) in [6.07, 6.45) is 11.7. The van der Waals surface area contributed by atoms with Gasteiger partial charge >= 0.3 is 254 Å². The molecule has 41 heavy (non-hydrogen) atoms. The van der Waals surface area contributed by atoms with E-state index in [1.54, 1.807) is 58.1 Å². The first-order chi connectivity index (χ1) is 18.2. The summed E-state index contributed by atoms with van der Waals surface area (Å²) in [6, 6.07) is 12.6. The molecule has 0 heterocycles. The van der Waals surface area contributed by atoms with Crippen molar-refractivity contribution in [2.75, 3.05) is 0 Å². The van der Waals surface area contributed by atoms with Gasteiger partial charge < -0.3 is 24.8 Å². The molecule has 2 aromatic rings. The molecular weight excluding hydrogens is 619 g/mol. The van der Waals surface area contributed by atoms with Gasteiger partial charge in [-0.1, -0.05) is 0 Å². The molecular formula is C38H47Cl2Zr. The van der Waals surface area contributed by atoms with Crippen LogP contribution in [0.25, 0.3) is 16.7 Å². The molecule has 0 radical (unpaired) electrons. The van der Waals surface area contributed by atoms with Crippen molar-refractivity contribution in [3.8, 4) is 11.1 Å². The zero-order valence-electron chi connectivity index (χ0n) is 26.3. The zero-order valence-corrected chi connectivity index (χ0v) is 30.3. The Morgan fingerprint density at radius 2 is 1.29 bits per heavy atom. The summed E-state index contributed by atoms with van der Waals surface area (Å²) in [5, 5.41) is 0. The standard InChI is InChI=1S/C38H47.2ClH.Zr/c1-22-11-33(38-19-24-12-25(20-38)14-26(13-24)21-38)23(2)35(22)32-18-31-28(17-34(32)37(6,7)8)15-27-16-29(36(3,4)5)9-10-30(27)31;;;/h9-11,15-18,22,24-26H,12-14,19-21H2,1-8H3;2*1H;/q;;;+2/p-2. The predicted octanol–water partition coefficient (Wildman–Crippen LogP) is 4.47. The summed E-state index contributed by atoms with van der Waals surface area (Å²) < 4.78 is 0.538. The number of allylic oxidation sites excluding steroid dienone is 4. The molecule has 0 nitrogen and oxygen atoms in total. The fraction of sp³-hybridized carbons (Fsp3) is 0.579. The van der Waals surface area contributed by atoms with E-state index in [2.05, 4.69) is 91.8 Å². The van der Waals surface area contributed by atoms with Crippen molar-refractivity contribution in [1.82, 2.24) is 0 Å². The first kappa shape index (κ1) is 31.8. The maximum absolute atomic E-state index is 2.73.